The molecular weight excluding hydrogens is 177 g/mol. The second kappa shape index (κ2) is 3.84. The van der Waals surface area contributed by atoms with E-state index in [2.05, 4.69) is 9.72 Å². The molecule has 13 heavy (non-hydrogen) atoms. The molecule has 1 N–H and O–H groups in total. The molecule has 0 fully saturated rings. The monoisotopic (exact) mass is 185 g/mol. The lowest BCUT2D eigenvalue weighted by Gasteiger charge is -2.01. The molecule has 1 heterocycles. The maximum Gasteiger partial charge on any atom is 0.310 e. The van der Waals surface area contributed by atoms with Crippen LogP contribution in [0.2, 0.25) is 0 Å². The van der Waals surface area contributed by atoms with E-state index in [0.29, 0.717) is 0 Å². The highest BCUT2D eigenvalue weighted by Gasteiger charge is 2.09. The summed E-state index contributed by atoms with van der Waals surface area (Å²) in [5.41, 5.74) is 0.0202. The maximum atomic E-state index is 12.8. The van der Waals surface area contributed by atoms with Crippen molar-refractivity contribution in [2.45, 2.75) is 6.42 Å². The van der Waals surface area contributed by atoms with Crippen LogP contribution in [0.5, 0.6) is 5.75 Å². The summed E-state index contributed by atoms with van der Waals surface area (Å²) in [7, 11) is 1.20. The highest BCUT2D eigenvalue weighted by Crippen LogP contribution is 2.13. The molecule has 0 unspecified atom stereocenters. The van der Waals surface area contributed by atoms with Crippen molar-refractivity contribution in [1.29, 1.82) is 0 Å². The van der Waals surface area contributed by atoms with Gasteiger partial charge in [0.15, 0.2) is 0 Å². The van der Waals surface area contributed by atoms with Crippen LogP contribution in [0.15, 0.2) is 12.3 Å². The molecule has 0 bridgehead atoms. The van der Waals surface area contributed by atoms with Crippen LogP contribution in [0.25, 0.3) is 0 Å². The fraction of sp³-hybridized carbons (Fsp3) is 0.250. The topological polar surface area (TPSA) is 59.4 Å². The summed E-state index contributed by atoms with van der Waals surface area (Å²) in [6, 6.07) is 1.14. The third kappa shape index (κ3) is 2.40. The van der Waals surface area contributed by atoms with Crippen LogP contribution < -0.4 is 0 Å². The quantitative estimate of drug-likeness (QED) is 0.542. The molecule has 70 valence electrons. The minimum Gasteiger partial charge on any atom is -0.506 e. The number of hydrogen-bond acceptors (Lipinski definition) is 4. The van der Waals surface area contributed by atoms with Crippen LogP contribution in [0.1, 0.15) is 5.56 Å². The zero-order valence-corrected chi connectivity index (χ0v) is 6.95. The molecule has 0 amide bonds. The van der Waals surface area contributed by atoms with Gasteiger partial charge in [-0.1, -0.05) is 0 Å². The van der Waals surface area contributed by atoms with E-state index in [1.54, 1.807) is 0 Å². The number of aromatic hydroxyl groups is 1. The van der Waals surface area contributed by atoms with E-state index in [0.717, 1.165) is 12.3 Å². The molecule has 0 aliphatic carbocycles. The summed E-state index contributed by atoms with van der Waals surface area (Å²) < 4.78 is 17.2. The Morgan fingerprint density at radius 1 is 1.77 bits per heavy atom. The Bertz CT molecular complexity index is 327. The van der Waals surface area contributed by atoms with Crippen molar-refractivity contribution in [3.63, 3.8) is 0 Å². The molecule has 0 saturated carbocycles. The van der Waals surface area contributed by atoms with Gasteiger partial charge in [-0.15, -0.1) is 0 Å². The molecule has 0 atom stereocenters. The van der Waals surface area contributed by atoms with Gasteiger partial charge in [0.25, 0.3) is 0 Å². The summed E-state index contributed by atoms with van der Waals surface area (Å²) >= 11 is 0. The van der Waals surface area contributed by atoms with Crippen molar-refractivity contribution in [3.05, 3.63) is 23.8 Å². The number of carbonyl (C=O) groups excluding carboxylic acids is 1. The number of esters is 1. The van der Waals surface area contributed by atoms with Crippen molar-refractivity contribution < 1.29 is 19.0 Å². The van der Waals surface area contributed by atoms with Gasteiger partial charge in [0.05, 0.1) is 19.7 Å². The van der Waals surface area contributed by atoms with E-state index in [1.807, 2.05) is 0 Å². The van der Waals surface area contributed by atoms with Gasteiger partial charge >= 0.3 is 5.97 Å². The number of ether oxygens (including phenoxy) is 1. The molecule has 1 aromatic rings. The number of hydrogen-bond donors (Lipinski definition) is 1. The third-order valence-corrected chi connectivity index (χ3v) is 1.46. The van der Waals surface area contributed by atoms with E-state index < -0.39 is 11.9 Å². The average Bonchev–Trinajstić information content (AvgIpc) is 2.11. The normalized spacial score (nSPS) is 9.69. The Hall–Kier alpha value is -1.65. The second-order valence-electron chi connectivity index (χ2n) is 2.40. The molecule has 0 spiro atoms. The zero-order chi connectivity index (χ0) is 9.84. The summed E-state index contributed by atoms with van der Waals surface area (Å²) in [6.07, 6.45) is 0.736. The van der Waals surface area contributed by atoms with Gasteiger partial charge in [-0.3, -0.25) is 4.79 Å². The van der Waals surface area contributed by atoms with Crippen molar-refractivity contribution in [1.82, 2.24) is 4.98 Å². The number of aromatic nitrogens is 1. The van der Waals surface area contributed by atoms with Crippen LogP contribution in [0.3, 0.4) is 0 Å². The summed E-state index contributed by atoms with van der Waals surface area (Å²) in [5, 5.41) is 8.94. The first-order valence-corrected chi connectivity index (χ1v) is 3.53. The Morgan fingerprint density at radius 3 is 3.08 bits per heavy atom. The highest BCUT2D eigenvalue weighted by atomic mass is 19.1. The predicted octanol–water partition coefficient (Wildman–Crippen LogP) is 0.642. The Morgan fingerprint density at radius 2 is 2.46 bits per heavy atom. The fourth-order valence-electron chi connectivity index (χ4n) is 0.833. The first-order valence-electron chi connectivity index (χ1n) is 3.53. The van der Waals surface area contributed by atoms with Gasteiger partial charge < -0.3 is 9.84 Å². The third-order valence-electron chi connectivity index (χ3n) is 1.46. The minimum absolute atomic E-state index is 0.0202. The molecule has 0 aliphatic rings. The van der Waals surface area contributed by atoms with E-state index in [4.69, 9.17) is 5.11 Å². The zero-order valence-electron chi connectivity index (χ0n) is 6.95. The Kier molecular flexibility index (Phi) is 2.79. The lowest BCUT2D eigenvalue weighted by molar-refractivity contribution is -0.139. The molecule has 4 nitrogen and oxygen atoms in total. The van der Waals surface area contributed by atoms with E-state index in [-0.39, 0.29) is 17.7 Å². The van der Waals surface area contributed by atoms with Gasteiger partial charge in [-0.25, -0.2) is 4.98 Å². The predicted molar refractivity (Wildman–Crippen MR) is 41.6 cm³/mol. The van der Waals surface area contributed by atoms with E-state index in [1.165, 1.54) is 7.11 Å². The summed E-state index contributed by atoms with van der Waals surface area (Å²) in [4.78, 5) is 14.0. The largest absolute Gasteiger partial charge is 0.506 e. The van der Waals surface area contributed by atoms with Crippen molar-refractivity contribution >= 4 is 5.97 Å². The van der Waals surface area contributed by atoms with Crippen LogP contribution in [0, 0.1) is 5.95 Å². The van der Waals surface area contributed by atoms with Crippen LogP contribution >= 0.6 is 0 Å². The number of methoxy groups -OCH3 is 1. The lowest BCUT2D eigenvalue weighted by Crippen LogP contribution is -2.06. The fourth-order valence-corrected chi connectivity index (χ4v) is 0.833. The van der Waals surface area contributed by atoms with E-state index >= 15 is 0 Å². The van der Waals surface area contributed by atoms with Gasteiger partial charge in [0, 0.05) is 5.56 Å². The molecule has 0 saturated heterocycles. The number of nitrogens with zero attached hydrogens (tertiary/aromatic N) is 1. The Labute approximate surface area is 74.0 Å². The smallest absolute Gasteiger partial charge is 0.310 e. The lowest BCUT2D eigenvalue weighted by atomic mass is 10.2. The average molecular weight is 185 g/mol. The molecule has 5 heteroatoms. The van der Waals surface area contributed by atoms with Gasteiger partial charge in [-0.2, -0.15) is 4.39 Å². The molecule has 0 aliphatic heterocycles. The SMILES string of the molecule is COC(=O)Cc1cc(O)cnc1F. The summed E-state index contributed by atoms with van der Waals surface area (Å²) in [6.45, 7) is 0. The molecule has 1 aromatic heterocycles. The first kappa shape index (κ1) is 9.44. The summed E-state index contributed by atoms with van der Waals surface area (Å²) in [5.74, 6) is -1.53. The Balaban J connectivity index is 2.87. The van der Waals surface area contributed by atoms with Crippen LogP contribution in [-0.4, -0.2) is 23.2 Å². The van der Waals surface area contributed by atoms with Gasteiger partial charge in [0.2, 0.25) is 5.95 Å². The molecular formula is C8H8FNO3. The standard InChI is InChI=1S/C8H8FNO3/c1-13-7(12)3-5-2-6(11)4-10-8(5)9/h2,4,11H,3H2,1H3. The maximum absolute atomic E-state index is 12.8. The number of rotatable bonds is 2. The molecule has 1 rings (SSSR count). The number of carbonyl (C=O) groups is 1. The number of pyridine rings is 1. The van der Waals surface area contributed by atoms with Gasteiger partial charge in [0.1, 0.15) is 5.75 Å². The van der Waals surface area contributed by atoms with Crippen molar-refractivity contribution in [2.75, 3.05) is 7.11 Å². The van der Waals surface area contributed by atoms with Crippen LogP contribution in [-0.2, 0) is 16.0 Å². The van der Waals surface area contributed by atoms with Crippen LogP contribution in [0.4, 0.5) is 4.39 Å². The van der Waals surface area contributed by atoms with Crippen molar-refractivity contribution in [3.8, 4) is 5.75 Å². The highest BCUT2D eigenvalue weighted by molar-refractivity contribution is 5.72. The number of halogens is 1. The van der Waals surface area contributed by atoms with Gasteiger partial charge in [-0.05, 0) is 6.07 Å². The second-order valence-corrected chi connectivity index (χ2v) is 2.40. The first-order chi connectivity index (χ1) is 6.13. The van der Waals surface area contributed by atoms with Crippen molar-refractivity contribution in [2.24, 2.45) is 0 Å². The van der Waals surface area contributed by atoms with E-state index in [9.17, 15) is 9.18 Å². The molecule has 0 radical (unpaired) electrons. The molecule has 0 aromatic carbocycles. The minimum atomic E-state index is -0.775.